The van der Waals surface area contributed by atoms with Crippen molar-refractivity contribution in [3.63, 3.8) is 0 Å². The van der Waals surface area contributed by atoms with Gasteiger partial charge in [0.1, 0.15) is 0 Å². The fraction of sp³-hybridized carbons (Fsp3) is 0.250. The van der Waals surface area contributed by atoms with Gasteiger partial charge in [0.05, 0.1) is 5.69 Å². The Labute approximate surface area is 88.9 Å². The van der Waals surface area contributed by atoms with Gasteiger partial charge in [-0.1, -0.05) is 18.2 Å². The van der Waals surface area contributed by atoms with Gasteiger partial charge in [-0.3, -0.25) is 4.98 Å². The summed E-state index contributed by atoms with van der Waals surface area (Å²) in [6.45, 7) is 4.15. The van der Waals surface area contributed by atoms with Crippen LogP contribution in [0, 0.1) is 13.8 Å². The van der Waals surface area contributed by atoms with Crippen LogP contribution in [0.15, 0.2) is 30.4 Å². The molecular weight excluding hydrogens is 190 g/mol. The number of rotatable bonds is 1. The minimum Gasteiger partial charge on any atom is -0.252 e. The van der Waals surface area contributed by atoms with Gasteiger partial charge in [0.15, 0.2) is 0 Å². The van der Waals surface area contributed by atoms with Gasteiger partial charge in [-0.05, 0) is 31.6 Å². The maximum atomic E-state index is 4.57. The molecule has 0 saturated carbocycles. The van der Waals surface area contributed by atoms with Gasteiger partial charge in [0, 0.05) is 16.4 Å². The van der Waals surface area contributed by atoms with Gasteiger partial charge in [-0.2, -0.15) is 0 Å². The minimum absolute atomic E-state index is 1.06. The third kappa shape index (κ3) is 1.90. The highest BCUT2D eigenvalue weighted by Crippen LogP contribution is 2.29. The molecule has 1 aliphatic heterocycles. The van der Waals surface area contributed by atoms with Gasteiger partial charge in [-0.25, -0.2) is 0 Å². The van der Waals surface area contributed by atoms with E-state index in [2.05, 4.69) is 49.2 Å². The van der Waals surface area contributed by atoms with Crippen LogP contribution in [0.3, 0.4) is 0 Å². The average Bonchev–Trinajstić information content (AvgIpc) is 2.23. The second kappa shape index (κ2) is 4.01. The monoisotopic (exact) mass is 203 g/mol. The number of aromatic nitrogens is 1. The van der Waals surface area contributed by atoms with Crippen LogP contribution >= 0.6 is 11.8 Å². The van der Waals surface area contributed by atoms with E-state index < -0.39 is 0 Å². The van der Waals surface area contributed by atoms with Gasteiger partial charge in [0.2, 0.25) is 0 Å². The molecule has 0 atom stereocenters. The molecule has 0 aromatic carbocycles. The van der Waals surface area contributed by atoms with Crippen molar-refractivity contribution in [1.29, 1.82) is 0 Å². The first-order valence-electron chi connectivity index (χ1n) is 4.71. The molecule has 0 saturated heterocycles. The Kier molecular flexibility index (Phi) is 2.73. The van der Waals surface area contributed by atoms with Crippen molar-refractivity contribution >= 4 is 16.7 Å². The molecule has 0 radical (unpaired) electrons. The molecular formula is C12H13NS. The number of allylic oxidation sites excluding steroid dienone is 2. The molecule has 2 rings (SSSR count). The molecule has 0 spiro atoms. The molecule has 1 aromatic rings. The molecule has 2 heteroatoms. The first kappa shape index (κ1) is 9.53. The molecule has 0 fully saturated rings. The van der Waals surface area contributed by atoms with Crippen molar-refractivity contribution in [1.82, 2.24) is 4.98 Å². The molecule has 1 aromatic heterocycles. The average molecular weight is 203 g/mol. The number of nitrogens with zero attached hydrogens (tertiary/aromatic N) is 1. The van der Waals surface area contributed by atoms with E-state index >= 15 is 0 Å². The predicted octanol–water partition coefficient (Wildman–Crippen LogP) is 3.34. The Morgan fingerprint density at radius 1 is 1.29 bits per heavy atom. The molecule has 0 aliphatic carbocycles. The molecule has 0 amide bonds. The normalized spacial score (nSPS) is 15.4. The van der Waals surface area contributed by atoms with Crippen LogP contribution in [0.4, 0.5) is 0 Å². The van der Waals surface area contributed by atoms with E-state index in [-0.39, 0.29) is 0 Å². The van der Waals surface area contributed by atoms with Gasteiger partial charge in [-0.15, -0.1) is 11.8 Å². The highest BCUT2D eigenvalue weighted by atomic mass is 32.2. The summed E-state index contributed by atoms with van der Waals surface area (Å²) in [7, 11) is 0. The Morgan fingerprint density at radius 2 is 2.14 bits per heavy atom. The lowest BCUT2D eigenvalue weighted by Crippen LogP contribution is -1.93. The third-order valence-corrected chi connectivity index (χ3v) is 3.34. The summed E-state index contributed by atoms with van der Waals surface area (Å²) in [6, 6.07) is 4.23. The summed E-state index contributed by atoms with van der Waals surface area (Å²) in [4.78, 5) is 5.85. The predicted molar refractivity (Wildman–Crippen MR) is 63.3 cm³/mol. The maximum absolute atomic E-state index is 4.57. The lowest BCUT2D eigenvalue weighted by Gasteiger charge is -2.09. The summed E-state index contributed by atoms with van der Waals surface area (Å²) in [5.74, 6) is 1.06. The number of thioether (sulfide) groups is 1. The number of hydrogen-bond acceptors (Lipinski definition) is 2. The van der Waals surface area contributed by atoms with E-state index in [4.69, 9.17) is 0 Å². The second-order valence-corrected chi connectivity index (χ2v) is 4.43. The molecule has 1 aliphatic rings. The molecule has 1 nitrogen and oxygen atoms in total. The van der Waals surface area contributed by atoms with Crippen molar-refractivity contribution in [2.24, 2.45) is 0 Å². The van der Waals surface area contributed by atoms with Gasteiger partial charge < -0.3 is 0 Å². The van der Waals surface area contributed by atoms with E-state index in [1.165, 1.54) is 10.5 Å². The lowest BCUT2D eigenvalue weighted by molar-refractivity contribution is 1.13. The fourth-order valence-electron chi connectivity index (χ4n) is 1.32. The van der Waals surface area contributed by atoms with E-state index in [1.807, 2.05) is 11.8 Å². The van der Waals surface area contributed by atoms with Gasteiger partial charge >= 0.3 is 0 Å². The molecule has 2 heterocycles. The number of pyridine rings is 1. The summed E-state index contributed by atoms with van der Waals surface area (Å²) < 4.78 is 0. The molecule has 0 bridgehead atoms. The molecule has 72 valence electrons. The van der Waals surface area contributed by atoms with E-state index in [0.29, 0.717) is 0 Å². The SMILES string of the molecule is Cc1ccc(C2=CC=CCS2)nc1C. The summed E-state index contributed by atoms with van der Waals surface area (Å²) >= 11 is 1.84. The summed E-state index contributed by atoms with van der Waals surface area (Å²) in [6.07, 6.45) is 6.39. The van der Waals surface area contributed by atoms with Gasteiger partial charge in [0.25, 0.3) is 0 Å². The zero-order valence-electron chi connectivity index (χ0n) is 8.45. The molecule has 0 unspecified atom stereocenters. The zero-order chi connectivity index (χ0) is 9.97. The van der Waals surface area contributed by atoms with Crippen LogP contribution in [0.5, 0.6) is 0 Å². The maximum Gasteiger partial charge on any atom is 0.0768 e. The van der Waals surface area contributed by atoms with Crippen molar-refractivity contribution < 1.29 is 0 Å². The van der Waals surface area contributed by atoms with Crippen LogP contribution in [-0.2, 0) is 0 Å². The van der Waals surface area contributed by atoms with Crippen molar-refractivity contribution in [3.05, 3.63) is 47.3 Å². The Hall–Kier alpha value is -1.02. The van der Waals surface area contributed by atoms with E-state index in [9.17, 15) is 0 Å². The van der Waals surface area contributed by atoms with Crippen LogP contribution in [0.2, 0.25) is 0 Å². The Balaban J connectivity index is 2.37. The van der Waals surface area contributed by atoms with Crippen LogP contribution < -0.4 is 0 Å². The summed E-state index contributed by atoms with van der Waals surface area (Å²) in [5, 5.41) is 0. The Morgan fingerprint density at radius 3 is 2.79 bits per heavy atom. The zero-order valence-corrected chi connectivity index (χ0v) is 9.27. The quantitative estimate of drug-likeness (QED) is 0.694. The highest BCUT2D eigenvalue weighted by Gasteiger charge is 2.05. The lowest BCUT2D eigenvalue weighted by atomic mass is 10.2. The smallest absolute Gasteiger partial charge is 0.0768 e. The molecule has 0 N–H and O–H groups in total. The standard InChI is InChI=1S/C12H13NS/c1-9-6-7-11(13-10(9)2)12-5-3-4-8-14-12/h3-7H,8H2,1-2H3. The van der Waals surface area contributed by atoms with Crippen molar-refractivity contribution in [2.45, 2.75) is 13.8 Å². The summed E-state index contributed by atoms with van der Waals surface area (Å²) in [5.41, 5.74) is 3.48. The third-order valence-electron chi connectivity index (χ3n) is 2.32. The fourth-order valence-corrected chi connectivity index (χ4v) is 2.15. The van der Waals surface area contributed by atoms with Crippen LogP contribution in [0.25, 0.3) is 4.91 Å². The molecule has 14 heavy (non-hydrogen) atoms. The van der Waals surface area contributed by atoms with E-state index in [0.717, 1.165) is 17.1 Å². The van der Waals surface area contributed by atoms with Crippen LogP contribution in [0.1, 0.15) is 17.0 Å². The van der Waals surface area contributed by atoms with Crippen molar-refractivity contribution in [3.8, 4) is 0 Å². The first-order valence-corrected chi connectivity index (χ1v) is 5.70. The minimum atomic E-state index is 1.06. The topological polar surface area (TPSA) is 12.9 Å². The van der Waals surface area contributed by atoms with Crippen LogP contribution in [-0.4, -0.2) is 10.7 Å². The van der Waals surface area contributed by atoms with E-state index in [1.54, 1.807) is 0 Å². The number of aryl methyl sites for hydroxylation is 2. The largest absolute Gasteiger partial charge is 0.252 e. The highest BCUT2D eigenvalue weighted by molar-refractivity contribution is 8.08. The Bertz CT molecular complexity index is 405. The second-order valence-electron chi connectivity index (χ2n) is 3.37. The number of hydrogen-bond donors (Lipinski definition) is 0. The first-order chi connectivity index (χ1) is 6.77. The van der Waals surface area contributed by atoms with Crippen molar-refractivity contribution in [2.75, 3.05) is 5.75 Å².